The summed E-state index contributed by atoms with van der Waals surface area (Å²) in [7, 11) is -8.00. The van der Waals surface area contributed by atoms with Gasteiger partial charge in [-0.25, -0.2) is 27.0 Å². The van der Waals surface area contributed by atoms with Gasteiger partial charge in [0.15, 0.2) is 0 Å². The van der Waals surface area contributed by atoms with E-state index in [0.29, 0.717) is 16.8 Å². The number of hydrogen-bond acceptors (Lipinski definition) is 5. The molecule has 0 saturated heterocycles. The second-order valence-electron chi connectivity index (χ2n) is 7.09. The van der Waals surface area contributed by atoms with Crippen LogP contribution in [0.15, 0.2) is 71.8 Å². The average molecular weight is 510 g/mol. The van der Waals surface area contributed by atoms with Gasteiger partial charge in [0.05, 0.1) is 17.0 Å². The molecular formula is C22H18F3N3O4S2. The van der Waals surface area contributed by atoms with Crippen LogP contribution in [-0.4, -0.2) is 27.6 Å². The number of aryl methyl sites for hydroxylation is 1. The number of nitrogens with zero attached hydrogens (tertiary/aromatic N) is 1. The normalized spacial score (nSPS) is 12.0. The van der Waals surface area contributed by atoms with Crippen LogP contribution in [0.3, 0.4) is 0 Å². The Morgan fingerprint density at radius 1 is 0.912 bits per heavy atom. The predicted octanol–water partition coefficient (Wildman–Crippen LogP) is 3.13. The molecule has 1 aromatic heterocycles. The van der Waals surface area contributed by atoms with Crippen LogP contribution in [0.4, 0.5) is 18.9 Å². The van der Waals surface area contributed by atoms with E-state index in [-0.39, 0.29) is 22.8 Å². The maximum atomic E-state index is 12.6. The molecule has 3 aromatic rings. The van der Waals surface area contributed by atoms with Crippen molar-refractivity contribution < 1.29 is 30.0 Å². The number of nitrogens with one attached hydrogen (secondary N) is 1. The Labute approximate surface area is 194 Å². The summed E-state index contributed by atoms with van der Waals surface area (Å²) in [6, 6.07) is 13.0. The van der Waals surface area contributed by atoms with Crippen LogP contribution < -0.4 is 9.86 Å². The summed E-state index contributed by atoms with van der Waals surface area (Å²) in [5, 5.41) is 5.11. The van der Waals surface area contributed by atoms with E-state index < -0.39 is 31.8 Å². The fourth-order valence-electron chi connectivity index (χ4n) is 2.79. The number of nitrogens with two attached hydrogens (primary N) is 1. The molecule has 0 atom stereocenters. The number of sulfonamides is 2. The van der Waals surface area contributed by atoms with E-state index in [0.717, 1.165) is 12.1 Å². The summed E-state index contributed by atoms with van der Waals surface area (Å²) in [4.78, 5) is 3.78. The van der Waals surface area contributed by atoms with Crippen molar-refractivity contribution in [3.63, 3.8) is 0 Å². The number of aromatic nitrogens is 1. The van der Waals surface area contributed by atoms with E-state index >= 15 is 0 Å². The van der Waals surface area contributed by atoms with Gasteiger partial charge in [0.1, 0.15) is 10.6 Å². The van der Waals surface area contributed by atoms with Crippen LogP contribution >= 0.6 is 0 Å². The molecule has 0 radical (unpaired) electrons. The number of alkyl halides is 3. The Morgan fingerprint density at radius 3 is 2.18 bits per heavy atom. The third kappa shape index (κ3) is 7.05. The summed E-state index contributed by atoms with van der Waals surface area (Å²) >= 11 is 0. The van der Waals surface area contributed by atoms with E-state index in [4.69, 9.17) is 5.14 Å². The monoisotopic (exact) mass is 509 g/mol. The molecule has 0 unspecified atom stereocenters. The zero-order valence-electron chi connectivity index (χ0n) is 17.4. The lowest BCUT2D eigenvalue weighted by Gasteiger charge is -2.11. The van der Waals surface area contributed by atoms with Crippen molar-refractivity contribution in [2.75, 3.05) is 10.5 Å². The molecule has 1 heterocycles. The average Bonchev–Trinajstić information content (AvgIpc) is 2.76. The molecule has 0 fully saturated rings. The first kappa shape index (κ1) is 25.2. The van der Waals surface area contributed by atoms with Gasteiger partial charge >= 0.3 is 6.18 Å². The van der Waals surface area contributed by atoms with Crippen molar-refractivity contribution in [2.24, 2.45) is 5.14 Å². The minimum absolute atomic E-state index is 0.0898. The minimum Gasteiger partial charge on any atom is -0.282 e. The van der Waals surface area contributed by atoms with E-state index in [1.807, 2.05) is 0 Å². The second kappa shape index (κ2) is 9.84. The first-order valence-corrected chi connectivity index (χ1v) is 12.8. The zero-order valence-corrected chi connectivity index (χ0v) is 19.0. The highest BCUT2D eigenvalue weighted by Gasteiger charge is 2.29. The van der Waals surface area contributed by atoms with Gasteiger partial charge in [-0.3, -0.25) is 4.72 Å². The Kier molecular flexibility index (Phi) is 7.30. The van der Waals surface area contributed by atoms with Gasteiger partial charge in [0.25, 0.3) is 0 Å². The second-order valence-corrected chi connectivity index (χ2v) is 10.5. The molecule has 0 aliphatic heterocycles. The maximum Gasteiger partial charge on any atom is 0.416 e. The molecule has 0 spiro atoms. The highest BCUT2D eigenvalue weighted by molar-refractivity contribution is 7.93. The molecule has 3 rings (SSSR count). The van der Waals surface area contributed by atoms with Gasteiger partial charge in [-0.2, -0.15) is 13.2 Å². The number of rotatable bonds is 6. The van der Waals surface area contributed by atoms with Gasteiger partial charge in [0, 0.05) is 11.8 Å². The number of para-hydroxylation sites is 1. The van der Waals surface area contributed by atoms with E-state index in [1.165, 1.54) is 42.6 Å². The molecule has 3 N–H and O–H groups in total. The fourth-order valence-corrected chi connectivity index (χ4v) is 4.67. The molecule has 7 nitrogen and oxygen atoms in total. The number of primary sulfonamides is 1. The van der Waals surface area contributed by atoms with Gasteiger partial charge in [-0.1, -0.05) is 24.1 Å². The van der Waals surface area contributed by atoms with Crippen molar-refractivity contribution in [1.82, 2.24) is 4.98 Å². The largest absolute Gasteiger partial charge is 0.416 e. The first-order chi connectivity index (χ1) is 15.8. The summed E-state index contributed by atoms with van der Waals surface area (Å²) in [6.45, 7) is 0. The Bertz CT molecular complexity index is 1440. The number of hydrogen-bond donors (Lipinski definition) is 2. The molecule has 34 heavy (non-hydrogen) atoms. The predicted molar refractivity (Wildman–Crippen MR) is 121 cm³/mol. The maximum absolute atomic E-state index is 12.6. The third-order valence-corrected chi connectivity index (χ3v) is 6.73. The fraction of sp³-hybridized carbons (Fsp3) is 0.136. The van der Waals surface area contributed by atoms with Gasteiger partial charge in [-0.05, 0) is 60.4 Å². The topological polar surface area (TPSA) is 119 Å². The highest BCUT2D eigenvalue weighted by Crippen LogP contribution is 2.29. The Hall–Kier alpha value is -3.40. The van der Waals surface area contributed by atoms with Crippen molar-refractivity contribution >= 4 is 25.7 Å². The van der Waals surface area contributed by atoms with E-state index in [1.54, 1.807) is 12.1 Å². The van der Waals surface area contributed by atoms with Gasteiger partial charge in [0.2, 0.25) is 20.0 Å². The number of anilines is 1. The molecule has 12 heteroatoms. The van der Waals surface area contributed by atoms with Crippen LogP contribution in [0.25, 0.3) is 0 Å². The number of pyridine rings is 1. The van der Waals surface area contributed by atoms with Crippen LogP contribution in [0, 0.1) is 11.8 Å². The molecule has 0 bridgehead atoms. The van der Waals surface area contributed by atoms with E-state index in [2.05, 4.69) is 21.5 Å². The highest BCUT2D eigenvalue weighted by atomic mass is 32.2. The molecule has 0 aliphatic carbocycles. The Morgan fingerprint density at radius 2 is 1.59 bits per heavy atom. The van der Waals surface area contributed by atoms with Crippen molar-refractivity contribution in [3.8, 4) is 11.8 Å². The molecule has 0 amide bonds. The molecule has 0 aliphatic rings. The van der Waals surface area contributed by atoms with Crippen LogP contribution in [0.5, 0.6) is 0 Å². The lowest BCUT2D eigenvalue weighted by Crippen LogP contribution is -2.21. The SMILES string of the molecule is NS(=O)(=O)c1ccccc1NS(=O)(=O)CCc1ccc(C#Cc2ccc(C(F)(F)F)cc2)nc1. The van der Waals surface area contributed by atoms with Crippen LogP contribution in [0.1, 0.15) is 22.4 Å². The van der Waals surface area contributed by atoms with Crippen molar-refractivity contribution in [3.05, 3.63) is 89.2 Å². The van der Waals surface area contributed by atoms with Crippen molar-refractivity contribution in [2.45, 2.75) is 17.5 Å². The summed E-state index contributed by atoms with van der Waals surface area (Å²) < 4.78 is 88.1. The molecule has 2 aromatic carbocycles. The first-order valence-electron chi connectivity index (χ1n) is 9.60. The standard InChI is InChI=1S/C22H18F3N3O4S2/c23-22(24,25)18-9-5-16(6-10-18)7-11-19-12-8-17(15-27-19)13-14-33(29,30)28-20-3-1-2-4-21(20)34(26,31)32/h1-6,8-10,12,15,28H,13-14H2,(H2,26,31,32). The zero-order chi connectivity index (χ0) is 25.0. The lowest BCUT2D eigenvalue weighted by molar-refractivity contribution is -0.137. The third-order valence-electron chi connectivity index (χ3n) is 4.49. The molecule has 0 saturated carbocycles. The quantitative estimate of drug-likeness (QED) is 0.495. The van der Waals surface area contributed by atoms with E-state index in [9.17, 15) is 30.0 Å². The number of benzene rings is 2. The minimum atomic E-state index is -4.42. The number of halogens is 3. The molecular weight excluding hydrogens is 491 g/mol. The lowest BCUT2D eigenvalue weighted by atomic mass is 10.1. The summed E-state index contributed by atoms with van der Waals surface area (Å²) in [5.74, 6) is 5.10. The summed E-state index contributed by atoms with van der Waals surface area (Å²) in [5.41, 5.74) is 0.419. The van der Waals surface area contributed by atoms with Crippen molar-refractivity contribution in [1.29, 1.82) is 0 Å². The summed E-state index contributed by atoms with van der Waals surface area (Å²) in [6.07, 6.45) is -2.89. The van der Waals surface area contributed by atoms with Gasteiger partial charge < -0.3 is 0 Å². The van der Waals surface area contributed by atoms with Crippen LogP contribution in [0.2, 0.25) is 0 Å². The smallest absolute Gasteiger partial charge is 0.282 e. The van der Waals surface area contributed by atoms with Gasteiger partial charge in [-0.15, -0.1) is 0 Å². The Balaban J connectivity index is 1.63. The van der Waals surface area contributed by atoms with Crippen LogP contribution in [-0.2, 0) is 32.6 Å². The molecule has 178 valence electrons.